The van der Waals surface area contributed by atoms with Crippen LogP contribution in [0.4, 0.5) is 0 Å². The van der Waals surface area contributed by atoms with E-state index in [1.807, 2.05) is 11.8 Å². The lowest BCUT2D eigenvalue weighted by Gasteiger charge is -2.34. The van der Waals surface area contributed by atoms with Crippen LogP contribution in [0.15, 0.2) is 24.3 Å². The fourth-order valence-corrected chi connectivity index (χ4v) is 3.16. The van der Waals surface area contributed by atoms with Crippen molar-refractivity contribution < 1.29 is 19.4 Å². The molecule has 138 valence electrons. The van der Waals surface area contributed by atoms with Gasteiger partial charge >= 0.3 is 5.97 Å². The number of aliphatic carboxylic acids is 1. The van der Waals surface area contributed by atoms with Gasteiger partial charge in [-0.3, -0.25) is 14.5 Å². The molecule has 0 spiro atoms. The monoisotopic (exact) mass is 368 g/mol. The van der Waals surface area contributed by atoms with Crippen LogP contribution in [0.1, 0.15) is 13.3 Å². The van der Waals surface area contributed by atoms with E-state index in [2.05, 4.69) is 0 Å². The standard InChI is InChI=1S/C18H25ClN2O4/c1-13-9-14(18(23)24)11-21(10-13)12-17(22)20(2)7-8-25-16-5-3-15(19)4-6-16/h3-6,13-14H,7-12H2,1-2H3,(H,23,24). The summed E-state index contributed by atoms with van der Waals surface area (Å²) in [6.07, 6.45) is 0.671. The molecule has 6 nitrogen and oxygen atoms in total. The summed E-state index contributed by atoms with van der Waals surface area (Å²) in [5.74, 6) is -0.220. The lowest BCUT2D eigenvalue weighted by Crippen LogP contribution is -2.47. The molecular weight excluding hydrogens is 344 g/mol. The molecule has 1 aliphatic heterocycles. The van der Waals surface area contributed by atoms with Gasteiger partial charge in [-0.05, 0) is 36.6 Å². The highest BCUT2D eigenvalue weighted by atomic mass is 35.5. The number of hydrogen-bond donors (Lipinski definition) is 1. The summed E-state index contributed by atoms with van der Waals surface area (Å²) in [6, 6.07) is 7.07. The highest BCUT2D eigenvalue weighted by Crippen LogP contribution is 2.21. The SMILES string of the molecule is CC1CC(C(=O)O)CN(CC(=O)N(C)CCOc2ccc(Cl)cc2)C1. The Kier molecular flexibility index (Phi) is 7.08. The molecule has 1 aromatic rings. The number of carboxylic acid groups (broad SMARTS) is 1. The van der Waals surface area contributed by atoms with Crippen molar-refractivity contribution in [3.63, 3.8) is 0 Å². The highest BCUT2D eigenvalue weighted by Gasteiger charge is 2.30. The van der Waals surface area contributed by atoms with Crippen LogP contribution in [-0.2, 0) is 9.59 Å². The maximum atomic E-state index is 12.3. The minimum Gasteiger partial charge on any atom is -0.492 e. The molecule has 2 atom stereocenters. The maximum absolute atomic E-state index is 12.3. The van der Waals surface area contributed by atoms with Gasteiger partial charge in [0.2, 0.25) is 5.91 Å². The zero-order valence-corrected chi connectivity index (χ0v) is 15.4. The van der Waals surface area contributed by atoms with E-state index in [4.69, 9.17) is 16.3 Å². The largest absolute Gasteiger partial charge is 0.492 e. The molecule has 0 radical (unpaired) electrons. The summed E-state index contributed by atoms with van der Waals surface area (Å²) in [5, 5.41) is 9.86. The highest BCUT2D eigenvalue weighted by molar-refractivity contribution is 6.30. The molecule has 1 fully saturated rings. The number of likely N-dealkylation sites (N-methyl/N-ethyl adjacent to an activating group) is 1. The van der Waals surface area contributed by atoms with Crippen molar-refractivity contribution in [2.45, 2.75) is 13.3 Å². The summed E-state index contributed by atoms with van der Waals surface area (Å²) < 4.78 is 5.59. The van der Waals surface area contributed by atoms with E-state index in [9.17, 15) is 14.7 Å². The fraction of sp³-hybridized carbons (Fsp3) is 0.556. The maximum Gasteiger partial charge on any atom is 0.307 e. The van der Waals surface area contributed by atoms with Crippen LogP contribution < -0.4 is 4.74 Å². The number of rotatable bonds is 7. The Balaban J connectivity index is 1.75. The third-order valence-corrected chi connectivity index (χ3v) is 4.63. The minimum atomic E-state index is -0.784. The number of amides is 1. The van der Waals surface area contributed by atoms with Gasteiger partial charge in [-0.25, -0.2) is 0 Å². The van der Waals surface area contributed by atoms with E-state index in [1.165, 1.54) is 0 Å². The van der Waals surface area contributed by atoms with E-state index < -0.39 is 11.9 Å². The van der Waals surface area contributed by atoms with Gasteiger partial charge < -0.3 is 14.7 Å². The smallest absolute Gasteiger partial charge is 0.307 e. The lowest BCUT2D eigenvalue weighted by molar-refractivity contribution is -0.145. The second kappa shape index (κ2) is 9.06. The van der Waals surface area contributed by atoms with Crippen molar-refractivity contribution >= 4 is 23.5 Å². The topological polar surface area (TPSA) is 70.1 Å². The molecule has 1 saturated heterocycles. The molecule has 25 heavy (non-hydrogen) atoms. The Morgan fingerprint density at radius 2 is 2.00 bits per heavy atom. The Morgan fingerprint density at radius 3 is 2.64 bits per heavy atom. The summed E-state index contributed by atoms with van der Waals surface area (Å²) in [7, 11) is 1.73. The predicted octanol–water partition coefficient (Wildman–Crippen LogP) is 2.22. The van der Waals surface area contributed by atoms with Crippen molar-refractivity contribution in [3.05, 3.63) is 29.3 Å². The number of nitrogens with zero attached hydrogens (tertiary/aromatic N) is 2. The number of piperidine rings is 1. The molecule has 0 aliphatic carbocycles. The molecule has 1 amide bonds. The summed E-state index contributed by atoms with van der Waals surface area (Å²) >= 11 is 5.82. The van der Waals surface area contributed by atoms with E-state index in [1.54, 1.807) is 36.2 Å². The Labute approximate surface area is 153 Å². The quantitative estimate of drug-likeness (QED) is 0.799. The predicted molar refractivity (Wildman–Crippen MR) is 95.9 cm³/mol. The van der Waals surface area contributed by atoms with Crippen LogP contribution in [0, 0.1) is 11.8 Å². The molecule has 1 heterocycles. The van der Waals surface area contributed by atoms with Gasteiger partial charge in [0.05, 0.1) is 19.0 Å². The van der Waals surface area contributed by atoms with E-state index in [0.717, 1.165) is 6.54 Å². The number of hydrogen-bond acceptors (Lipinski definition) is 4. The molecule has 7 heteroatoms. The second-order valence-corrected chi connectivity index (χ2v) is 7.12. The first-order valence-electron chi connectivity index (χ1n) is 8.42. The van der Waals surface area contributed by atoms with Crippen molar-refractivity contribution in [1.29, 1.82) is 0 Å². The van der Waals surface area contributed by atoms with Gasteiger partial charge in [0, 0.05) is 25.2 Å². The first kappa shape index (κ1) is 19.5. The number of benzene rings is 1. The van der Waals surface area contributed by atoms with Crippen molar-refractivity contribution in [2.75, 3.05) is 39.8 Å². The average Bonchev–Trinajstić information content (AvgIpc) is 2.56. The first-order valence-corrected chi connectivity index (χ1v) is 8.80. The first-order chi connectivity index (χ1) is 11.8. The summed E-state index contributed by atoms with van der Waals surface area (Å²) in [5.41, 5.74) is 0. The van der Waals surface area contributed by atoms with Crippen LogP contribution >= 0.6 is 11.6 Å². The third kappa shape index (κ3) is 6.21. The minimum absolute atomic E-state index is 0.0297. The van der Waals surface area contributed by atoms with Gasteiger partial charge in [-0.2, -0.15) is 0 Å². The fourth-order valence-electron chi connectivity index (χ4n) is 3.04. The zero-order valence-electron chi connectivity index (χ0n) is 14.7. The van der Waals surface area contributed by atoms with Crippen molar-refractivity contribution in [2.24, 2.45) is 11.8 Å². The Bertz CT molecular complexity index is 593. The van der Waals surface area contributed by atoms with Gasteiger partial charge in [-0.15, -0.1) is 0 Å². The molecule has 1 aromatic carbocycles. The Hall–Kier alpha value is -1.79. The molecule has 1 N–H and O–H groups in total. The molecule has 0 aromatic heterocycles. The molecule has 2 unspecified atom stereocenters. The number of halogens is 1. The molecule has 0 saturated carbocycles. The van der Waals surface area contributed by atoms with Crippen molar-refractivity contribution in [1.82, 2.24) is 9.80 Å². The molecular formula is C18H25ClN2O4. The normalized spacial score (nSPS) is 20.9. The van der Waals surface area contributed by atoms with Crippen molar-refractivity contribution in [3.8, 4) is 5.75 Å². The van der Waals surface area contributed by atoms with E-state index in [0.29, 0.717) is 36.9 Å². The van der Waals surface area contributed by atoms with Gasteiger partial charge in [0.1, 0.15) is 12.4 Å². The molecule has 1 aliphatic rings. The van der Waals surface area contributed by atoms with Crippen LogP contribution in [0.2, 0.25) is 5.02 Å². The number of carbonyl (C=O) groups excluding carboxylic acids is 1. The number of ether oxygens (including phenoxy) is 1. The molecule has 2 rings (SSSR count). The number of likely N-dealkylation sites (tertiary alicyclic amines) is 1. The van der Waals surface area contributed by atoms with Crippen LogP contribution in [-0.4, -0.2) is 66.6 Å². The van der Waals surface area contributed by atoms with Gasteiger partial charge in [-0.1, -0.05) is 18.5 Å². The van der Waals surface area contributed by atoms with Crippen LogP contribution in [0.25, 0.3) is 0 Å². The average molecular weight is 369 g/mol. The second-order valence-electron chi connectivity index (χ2n) is 6.69. The van der Waals surface area contributed by atoms with E-state index >= 15 is 0 Å². The summed E-state index contributed by atoms with van der Waals surface area (Å²) in [4.78, 5) is 27.1. The Morgan fingerprint density at radius 1 is 1.32 bits per heavy atom. The number of carbonyl (C=O) groups is 2. The van der Waals surface area contributed by atoms with Crippen LogP contribution in [0.5, 0.6) is 5.75 Å². The summed E-state index contributed by atoms with van der Waals surface area (Å²) in [6.45, 7) is 4.30. The third-order valence-electron chi connectivity index (χ3n) is 4.38. The number of carboxylic acids is 1. The van der Waals surface area contributed by atoms with Gasteiger partial charge in [0.15, 0.2) is 0 Å². The van der Waals surface area contributed by atoms with E-state index in [-0.39, 0.29) is 18.4 Å². The van der Waals surface area contributed by atoms with Gasteiger partial charge in [0.25, 0.3) is 0 Å². The zero-order chi connectivity index (χ0) is 18.4. The van der Waals surface area contributed by atoms with Crippen LogP contribution in [0.3, 0.4) is 0 Å². The molecule has 0 bridgehead atoms. The lowest BCUT2D eigenvalue weighted by atomic mass is 9.90.